The monoisotopic (exact) mass is 536 g/mol. The lowest BCUT2D eigenvalue weighted by Gasteiger charge is -2.23. The quantitative estimate of drug-likeness (QED) is 0.388. The first-order valence-electron chi connectivity index (χ1n) is 12.0. The van der Waals surface area contributed by atoms with Crippen molar-refractivity contribution in [2.45, 2.75) is 44.2 Å². The van der Waals surface area contributed by atoms with Gasteiger partial charge in [0.2, 0.25) is 5.91 Å². The van der Waals surface area contributed by atoms with Gasteiger partial charge in [0.1, 0.15) is 17.1 Å². The molecule has 3 aromatic carbocycles. The lowest BCUT2D eigenvalue weighted by atomic mass is 10.1. The third-order valence-corrected chi connectivity index (χ3v) is 6.26. The van der Waals surface area contributed by atoms with Crippen molar-refractivity contribution >= 4 is 35.4 Å². The molecule has 4 rings (SSSR count). The highest BCUT2D eigenvalue weighted by molar-refractivity contribution is 7.99. The number of nitrogens with zero attached hydrogens (tertiary/aromatic N) is 1. The molecule has 0 atom stereocenters. The summed E-state index contributed by atoms with van der Waals surface area (Å²) in [6.45, 7) is 5.70. The molecule has 200 valence electrons. The van der Waals surface area contributed by atoms with Crippen LogP contribution in [0.25, 0.3) is 0 Å². The molecule has 0 unspecified atom stereocenters. The van der Waals surface area contributed by atoms with Crippen LogP contribution < -0.4 is 15.4 Å². The number of anilines is 1. The number of carbonyl (C=O) groups is 3. The summed E-state index contributed by atoms with van der Waals surface area (Å²) in [5.74, 6) is 1.84. The summed E-state index contributed by atoms with van der Waals surface area (Å²) in [6, 6.07) is 22.6. The summed E-state index contributed by atoms with van der Waals surface area (Å²) in [6.07, 6.45) is -0.278. The predicted octanol–water partition coefficient (Wildman–Crippen LogP) is 6.17. The molecule has 0 radical (unpaired) electrons. The van der Waals surface area contributed by atoms with Crippen molar-refractivity contribution in [2.75, 3.05) is 17.8 Å². The van der Waals surface area contributed by atoms with Crippen molar-refractivity contribution in [2.24, 2.45) is 5.73 Å². The van der Waals surface area contributed by atoms with Gasteiger partial charge < -0.3 is 24.8 Å². The Kier molecular flexibility index (Phi) is 9.78. The molecular weight excluding hydrogens is 504 g/mol. The third-order valence-electron chi connectivity index (χ3n) is 5.20. The number of hydrogen-bond acceptors (Lipinski definition) is 7. The number of nitrogens with two attached hydrogens (primary N) is 1. The van der Waals surface area contributed by atoms with Gasteiger partial charge in [0.05, 0.1) is 24.9 Å². The largest absolute Gasteiger partial charge is 0.465 e. The van der Waals surface area contributed by atoms with E-state index in [2.05, 4.69) is 4.74 Å². The molecule has 0 aromatic heterocycles. The van der Waals surface area contributed by atoms with Gasteiger partial charge in [-0.25, -0.2) is 9.59 Å². The molecule has 8 nitrogen and oxygen atoms in total. The van der Waals surface area contributed by atoms with Crippen LogP contribution in [0.5, 0.6) is 11.5 Å². The Labute approximate surface area is 227 Å². The van der Waals surface area contributed by atoms with Crippen LogP contribution in [-0.2, 0) is 20.8 Å². The van der Waals surface area contributed by atoms with Gasteiger partial charge in [0.15, 0.2) is 0 Å². The Balaban J connectivity index is 0.000000436. The van der Waals surface area contributed by atoms with Crippen molar-refractivity contribution in [1.29, 1.82) is 0 Å². The fourth-order valence-corrected chi connectivity index (χ4v) is 4.54. The summed E-state index contributed by atoms with van der Waals surface area (Å²) in [7, 11) is 1.35. The summed E-state index contributed by atoms with van der Waals surface area (Å²) >= 11 is 1.62. The van der Waals surface area contributed by atoms with E-state index in [1.54, 1.807) is 49.6 Å². The highest BCUT2D eigenvalue weighted by Crippen LogP contribution is 2.36. The zero-order chi connectivity index (χ0) is 27.7. The van der Waals surface area contributed by atoms with Gasteiger partial charge in [0, 0.05) is 17.1 Å². The number of amides is 2. The molecule has 1 aliphatic heterocycles. The van der Waals surface area contributed by atoms with E-state index in [0.29, 0.717) is 24.3 Å². The minimum absolute atomic E-state index is 0.0351. The van der Waals surface area contributed by atoms with Crippen LogP contribution in [0, 0.1) is 0 Å². The summed E-state index contributed by atoms with van der Waals surface area (Å²) < 4.78 is 15.3. The maximum absolute atomic E-state index is 12.8. The van der Waals surface area contributed by atoms with Crippen LogP contribution in [-0.4, -0.2) is 36.4 Å². The lowest BCUT2D eigenvalue weighted by Crippen LogP contribution is -2.30. The van der Waals surface area contributed by atoms with E-state index in [1.165, 1.54) is 7.11 Å². The molecule has 2 amide bonds. The van der Waals surface area contributed by atoms with Gasteiger partial charge >= 0.3 is 12.1 Å². The SMILES string of the molecule is CC(C)(C)OC(N)=O.COC(=O)c1ccc2c(c1)N(Cc1ccc(Oc3ccccc3)cc1)C(=O)CCS2. The van der Waals surface area contributed by atoms with Crippen LogP contribution in [0.2, 0.25) is 0 Å². The first-order valence-corrected chi connectivity index (χ1v) is 13.0. The minimum Gasteiger partial charge on any atom is -0.465 e. The Bertz CT molecular complexity index is 1260. The van der Waals surface area contributed by atoms with E-state index in [0.717, 1.165) is 27.6 Å². The normalized spacial score (nSPS) is 12.8. The summed E-state index contributed by atoms with van der Waals surface area (Å²) in [5.41, 5.74) is 6.42. The Morgan fingerprint density at radius 3 is 2.21 bits per heavy atom. The second-order valence-electron chi connectivity index (χ2n) is 9.34. The van der Waals surface area contributed by atoms with Crippen LogP contribution in [0.4, 0.5) is 10.5 Å². The van der Waals surface area contributed by atoms with E-state index >= 15 is 0 Å². The van der Waals surface area contributed by atoms with Gasteiger partial charge in [-0.1, -0.05) is 30.3 Å². The number of fused-ring (bicyclic) bond motifs is 1. The lowest BCUT2D eigenvalue weighted by molar-refractivity contribution is -0.118. The fourth-order valence-electron chi connectivity index (χ4n) is 3.56. The molecule has 2 N–H and O–H groups in total. The molecular formula is C29H32N2O6S. The molecule has 9 heteroatoms. The number of methoxy groups -OCH3 is 1. The first-order chi connectivity index (χ1) is 18.1. The molecule has 3 aromatic rings. The molecule has 0 saturated heterocycles. The van der Waals surface area contributed by atoms with Crippen LogP contribution in [0.3, 0.4) is 0 Å². The van der Waals surface area contributed by atoms with E-state index in [-0.39, 0.29) is 5.91 Å². The zero-order valence-corrected chi connectivity index (χ0v) is 22.7. The van der Waals surface area contributed by atoms with Gasteiger partial charge in [-0.3, -0.25) is 4.79 Å². The zero-order valence-electron chi connectivity index (χ0n) is 21.9. The minimum atomic E-state index is -0.725. The number of carbonyl (C=O) groups excluding carboxylic acids is 3. The number of para-hydroxylation sites is 1. The number of esters is 1. The van der Waals surface area contributed by atoms with Crippen LogP contribution in [0.15, 0.2) is 77.7 Å². The number of rotatable bonds is 5. The molecule has 1 aliphatic rings. The van der Waals surface area contributed by atoms with Crippen molar-refractivity contribution in [1.82, 2.24) is 0 Å². The molecule has 0 saturated carbocycles. The van der Waals surface area contributed by atoms with Gasteiger partial charge in [-0.05, 0) is 68.8 Å². The fraction of sp³-hybridized carbons (Fsp3) is 0.276. The molecule has 0 aliphatic carbocycles. The summed E-state index contributed by atoms with van der Waals surface area (Å²) in [5, 5.41) is 0. The van der Waals surface area contributed by atoms with Gasteiger partial charge in [0.25, 0.3) is 0 Å². The summed E-state index contributed by atoms with van der Waals surface area (Å²) in [4.78, 5) is 37.5. The van der Waals surface area contributed by atoms with Gasteiger partial charge in [-0.2, -0.15) is 0 Å². The van der Waals surface area contributed by atoms with Crippen LogP contribution >= 0.6 is 11.8 Å². The number of thioether (sulfide) groups is 1. The highest BCUT2D eigenvalue weighted by atomic mass is 32.2. The Morgan fingerprint density at radius 1 is 0.974 bits per heavy atom. The van der Waals surface area contributed by atoms with Crippen molar-refractivity contribution in [3.63, 3.8) is 0 Å². The second-order valence-corrected chi connectivity index (χ2v) is 10.5. The van der Waals surface area contributed by atoms with E-state index in [1.807, 2.05) is 60.7 Å². The predicted molar refractivity (Wildman–Crippen MR) is 148 cm³/mol. The average Bonchev–Trinajstić information content (AvgIpc) is 3.02. The second kappa shape index (κ2) is 13.0. The topological polar surface area (TPSA) is 108 Å². The number of benzene rings is 3. The first kappa shape index (κ1) is 28.6. The van der Waals surface area contributed by atoms with Crippen molar-refractivity contribution in [3.05, 3.63) is 83.9 Å². The number of ether oxygens (including phenoxy) is 3. The smallest absolute Gasteiger partial charge is 0.405 e. The Hall–Kier alpha value is -3.98. The molecule has 1 heterocycles. The standard InChI is InChI=1S/C24H21NO4S.C5H11NO2/c1-28-24(27)18-9-12-22-21(15-18)25(23(26)13-14-30-22)16-17-7-10-20(11-8-17)29-19-5-3-2-4-6-19;1-5(2,3)8-4(6)7/h2-12,15H,13-14,16H2,1H3;1-3H3,(H2,6,7). The molecule has 0 spiro atoms. The van der Waals surface area contributed by atoms with Crippen LogP contribution in [0.1, 0.15) is 43.1 Å². The maximum Gasteiger partial charge on any atom is 0.405 e. The number of hydrogen-bond donors (Lipinski definition) is 1. The van der Waals surface area contributed by atoms with E-state index in [4.69, 9.17) is 15.2 Å². The highest BCUT2D eigenvalue weighted by Gasteiger charge is 2.24. The average molecular weight is 537 g/mol. The third kappa shape index (κ3) is 8.55. The molecule has 38 heavy (non-hydrogen) atoms. The van der Waals surface area contributed by atoms with E-state index < -0.39 is 17.7 Å². The van der Waals surface area contributed by atoms with Gasteiger partial charge in [-0.15, -0.1) is 11.8 Å². The number of primary amides is 1. The maximum atomic E-state index is 12.8. The van der Waals surface area contributed by atoms with E-state index in [9.17, 15) is 14.4 Å². The molecule has 0 bridgehead atoms. The van der Waals surface area contributed by atoms with Crippen molar-refractivity contribution in [3.8, 4) is 11.5 Å². The Morgan fingerprint density at radius 2 is 1.63 bits per heavy atom. The van der Waals surface area contributed by atoms with Crippen molar-refractivity contribution < 1.29 is 28.6 Å². The molecule has 0 fully saturated rings.